The summed E-state index contributed by atoms with van der Waals surface area (Å²) in [6, 6.07) is 0. The van der Waals surface area contributed by atoms with Gasteiger partial charge in [-0.15, -0.1) is 0 Å². The van der Waals surface area contributed by atoms with Crippen molar-refractivity contribution in [2.24, 2.45) is 0 Å². The average Bonchev–Trinajstić information content (AvgIpc) is 1.97. The summed E-state index contributed by atoms with van der Waals surface area (Å²) < 4.78 is 11.0. The minimum absolute atomic E-state index is 0. The van der Waals surface area contributed by atoms with Crippen LogP contribution in [-0.4, -0.2) is 35.8 Å². The summed E-state index contributed by atoms with van der Waals surface area (Å²) in [6.45, 7) is -0.184. The fourth-order valence-corrected chi connectivity index (χ4v) is 2.21. The SMILES string of the molecule is O=P([O-])(CCCO)CCCO.[Na+]. The number of aliphatic hydroxyl groups excluding tert-OH is 2. The summed E-state index contributed by atoms with van der Waals surface area (Å²) >= 11 is 0. The first-order chi connectivity index (χ1) is 5.12. The molecule has 0 aliphatic heterocycles. The summed E-state index contributed by atoms with van der Waals surface area (Å²) in [6.07, 6.45) is 0.686. The van der Waals surface area contributed by atoms with Crippen LogP contribution in [-0.2, 0) is 4.57 Å². The molecule has 0 saturated heterocycles. The molecule has 0 spiro atoms. The smallest absolute Gasteiger partial charge is 0.799 e. The van der Waals surface area contributed by atoms with E-state index in [0.29, 0.717) is 12.8 Å². The van der Waals surface area contributed by atoms with E-state index in [1.807, 2.05) is 0 Å². The summed E-state index contributed by atoms with van der Waals surface area (Å²) in [5.74, 6) is 0. The van der Waals surface area contributed by atoms with E-state index in [1.165, 1.54) is 0 Å². The quantitative estimate of drug-likeness (QED) is 0.346. The van der Waals surface area contributed by atoms with Crippen molar-refractivity contribution in [3.63, 3.8) is 0 Å². The number of hydrogen-bond acceptors (Lipinski definition) is 4. The fourth-order valence-electron chi connectivity index (χ4n) is 0.735. The first-order valence-corrected chi connectivity index (χ1v) is 5.63. The maximum absolute atomic E-state index is 11.0. The molecule has 68 valence electrons. The van der Waals surface area contributed by atoms with Crippen LogP contribution in [0.1, 0.15) is 12.8 Å². The van der Waals surface area contributed by atoms with Crippen LogP contribution in [0.15, 0.2) is 0 Å². The monoisotopic (exact) mass is 204 g/mol. The van der Waals surface area contributed by atoms with Gasteiger partial charge in [-0.25, -0.2) is 0 Å². The minimum Gasteiger partial charge on any atom is -0.799 e. The molecule has 0 saturated carbocycles. The zero-order valence-corrected chi connectivity index (χ0v) is 10.3. The Hall–Kier alpha value is 1.11. The van der Waals surface area contributed by atoms with Crippen LogP contribution in [0.2, 0.25) is 0 Å². The molecule has 0 rings (SSSR count). The molecule has 0 fully saturated rings. The van der Waals surface area contributed by atoms with Gasteiger partial charge in [0.15, 0.2) is 0 Å². The van der Waals surface area contributed by atoms with Gasteiger partial charge in [0, 0.05) is 20.6 Å². The Balaban J connectivity index is 0. The Bertz CT molecular complexity index is 130. The number of aliphatic hydroxyl groups is 2. The second-order valence-corrected chi connectivity index (χ2v) is 4.94. The van der Waals surface area contributed by atoms with E-state index in [1.54, 1.807) is 0 Å². The molecular formula is C6H14NaO4P. The van der Waals surface area contributed by atoms with Gasteiger partial charge in [-0.2, -0.15) is 0 Å². The van der Waals surface area contributed by atoms with E-state index in [2.05, 4.69) is 0 Å². The molecule has 12 heavy (non-hydrogen) atoms. The molecular weight excluding hydrogens is 190 g/mol. The van der Waals surface area contributed by atoms with Crippen LogP contribution in [0, 0.1) is 0 Å². The first-order valence-electron chi connectivity index (χ1n) is 3.63. The van der Waals surface area contributed by atoms with Crippen LogP contribution in [0.25, 0.3) is 0 Å². The molecule has 0 heterocycles. The van der Waals surface area contributed by atoms with Crippen LogP contribution in [0.5, 0.6) is 0 Å². The Morgan fingerprint density at radius 1 is 1.08 bits per heavy atom. The minimum atomic E-state index is -3.30. The van der Waals surface area contributed by atoms with Crippen molar-refractivity contribution in [1.82, 2.24) is 0 Å². The van der Waals surface area contributed by atoms with Gasteiger partial charge in [0.05, 0.1) is 0 Å². The number of hydrogen-bond donors (Lipinski definition) is 2. The van der Waals surface area contributed by atoms with Gasteiger partial charge in [0.1, 0.15) is 0 Å². The molecule has 0 aromatic heterocycles. The largest absolute Gasteiger partial charge is 1.00 e. The second kappa shape index (κ2) is 8.70. The van der Waals surface area contributed by atoms with Crippen molar-refractivity contribution in [2.45, 2.75) is 12.8 Å². The van der Waals surface area contributed by atoms with Crippen molar-refractivity contribution in [3.05, 3.63) is 0 Å². The zero-order chi connectivity index (χ0) is 8.74. The van der Waals surface area contributed by atoms with E-state index in [9.17, 15) is 9.46 Å². The zero-order valence-electron chi connectivity index (χ0n) is 7.40. The molecule has 4 nitrogen and oxygen atoms in total. The molecule has 0 unspecified atom stereocenters. The van der Waals surface area contributed by atoms with Crippen molar-refractivity contribution in [1.29, 1.82) is 0 Å². The number of rotatable bonds is 6. The van der Waals surface area contributed by atoms with Crippen molar-refractivity contribution in [3.8, 4) is 0 Å². The molecule has 2 N–H and O–H groups in total. The second-order valence-electron chi connectivity index (χ2n) is 2.42. The van der Waals surface area contributed by atoms with E-state index in [4.69, 9.17) is 10.2 Å². The Kier molecular flexibility index (Phi) is 11.3. The van der Waals surface area contributed by atoms with Crippen LogP contribution in [0.4, 0.5) is 0 Å². The van der Waals surface area contributed by atoms with Crippen LogP contribution >= 0.6 is 7.37 Å². The fraction of sp³-hybridized carbons (Fsp3) is 1.00. The standard InChI is InChI=1S/C6H15O4P.Na/c7-3-1-5-11(9,10)6-2-4-8;/h7-8H,1-6H2,(H,9,10);/q;+1/p-1. The predicted octanol–water partition coefficient (Wildman–Crippen LogP) is -3.61. The molecule has 6 heteroatoms. The molecule has 0 amide bonds. The van der Waals surface area contributed by atoms with E-state index < -0.39 is 7.37 Å². The van der Waals surface area contributed by atoms with Gasteiger partial charge in [-0.3, -0.25) is 0 Å². The van der Waals surface area contributed by atoms with Crippen molar-refractivity contribution in [2.75, 3.05) is 25.5 Å². The first kappa shape index (κ1) is 15.6. The summed E-state index contributed by atoms with van der Waals surface area (Å²) in [7, 11) is -3.30. The summed E-state index contributed by atoms with van der Waals surface area (Å²) in [5.41, 5.74) is 0. The van der Waals surface area contributed by atoms with Gasteiger partial charge >= 0.3 is 29.6 Å². The summed E-state index contributed by atoms with van der Waals surface area (Å²) in [4.78, 5) is 11.0. The van der Waals surface area contributed by atoms with Crippen molar-refractivity contribution >= 4 is 7.37 Å². The average molecular weight is 204 g/mol. The van der Waals surface area contributed by atoms with Gasteiger partial charge in [0.25, 0.3) is 0 Å². The van der Waals surface area contributed by atoms with Crippen molar-refractivity contribution < 1.29 is 49.2 Å². The molecule has 0 aliphatic rings. The normalized spacial score (nSPS) is 10.9. The van der Waals surface area contributed by atoms with Gasteiger partial charge in [-0.1, -0.05) is 0 Å². The molecule has 0 aromatic rings. The molecule has 0 radical (unpaired) electrons. The molecule has 0 bridgehead atoms. The van der Waals surface area contributed by atoms with Gasteiger partial charge in [-0.05, 0) is 25.2 Å². The van der Waals surface area contributed by atoms with E-state index >= 15 is 0 Å². The van der Waals surface area contributed by atoms with Gasteiger partial charge < -0.3 is 19.7 Å². The van der Waals surface area contributed by atoms with Crippen LogP contribution < -0.4 is 34.5 Å². The third kappa shape index (κ3) is 9.20. The van der Waals surface area contributed by atoms with Gasteiger partial charge in [0.2, 0.25) is 0 Å². The third-order valence-corrected chi connectivity index (χ3v) is 3.31. The topological polar surface area (TPSA) is 80.6 Å². The Morgan fingerprint density at radius 2 is 1.42 bits per heavy atom. The van der Waals surface area contributed by atoms with E-state index in [-0.39, 0.29) is 55.1 Å². The predicted molar refractivity (Wildman–Crippen MR) is 40.7 cm³/mol. The maximum atomic E-state index is 11.0. The molecule has 0 atom stereocenters. The summed E-state index contributed by atoms with van der Waals surface area (Å²) in [5, 5.41) is 16.7. The van der Waals surface area contributed by atoms with E-state index in [0.717, 1.165) is 0 Å². The molecule has 0 aromatic carbocycles. The molecule has 0 aliphatic carbocycles. The Labute approximate surface area is 94.7 Å². The maximum Gasteiger partial charge on any atom is 1.00 e. The van der Waals surface area contributed by atoms with Crippen LogP contribution in [0.3, 0.4) is 0 Å². The Morgan fingerprint density at radius 3 is 1.67 bits per heavy atom. The third-order valence-electron chi connectivity index (χ3n) is 1.31.